The normalized spacial score (nSPS) is 12.1. The molecule has 1 atom stereocenters. The van der Waals surface area contributed by atoms with Crippen LogP contribution in [0.5, 0.6) is 0 Å². The molecule has 0 bridgehead atoms. The highest BCUT2D eigenvalue weighted by molar-refractivity contribution is 5.79. The van der Waals surface area contributed by atoms with Crippen molar-refractivity contribution in [3.8, 4) is 5.69 Å². The van der Waals surface area contributed by atoms with Crippen LogP contribution >= 0.6 is 0 Å². The summed E-state index contributed by atoms with van der Waals surface area (Å²) in [5.74, 6) is -0.995. The summed E-state index contributed by atoms with van der Waals surface area (Å²) in [4.78, 5) is 42.3. The minimum atomic E-state index is -0.825. The number of imidazole rings is 1. The van der Waals surface area contributed by atoms with E-state index in [1.54, 1.807) is 13.8 Å². The molecule has 0 amide bonds. The van der Waals surface area contributed by atoms with Crippen molar-refractivity contribution >= 4 is 17.1 Å². The summed E-state index contributed by atoms with van der Waals surface area (Å²) in [6, 6.07) is 4.40. The number of carbonyl (C=O) groups excluding carboxylic acids is 1. The summed E-state index contributed by atoms with van der Waals surface area (Å²) in [5.41, 5.74) is -0.780. The van der Waals surface area contributed by atoms with E-state index < -0.39 is 29.1 Å². The number of nitrogens with zero attached hydrogens (tertiary/aromatic N) is 4. The summed E-state index contributed by atoms with van der Waals surface area (Å²) in [6.07, 6.45) is 2.73. The number of aromatic nitrogens is 4. The molecule has 3 aromatic rings. The summed E-state index contributed by atoms with van der Waals surface area (Å²) in [6.45, 7) is 6.99. The Morgan fingerprint density at radius 3 is 2.61 bits per heavy atom. The van der Waals surface area contributed by atoms with Gasteiger partial charge in [0.05, 0.1) is 18.6 Å². The average molecular weight is 386 g/mol. The first-order valence-corrected chi connectivity index (χ1v) is 8.66. The number of allylic oxidation sites excluding steroid dienone is 1. The Morgan fingerprint density at radius 2 is 2.00 bits per heavy atom. The van der Waals surface area contributed by atoms with Crippen LogP contribution in [0.1, 0.15) is 19.9 Å². The van der Waals surface area contributed by atoms with Crippen molar-refractivity contribution < 1.29 is 13.9 Å². The van der Waals surface area contributed by atoms with Gasteiger partial charge in [-0.25, -0.2) is 23.5 Å². The molecule has 0 saturated heterocycles. The summed E-state index contributed by atoms with van der Waals surface area (Å²) in [5, 5.41) is 0. The fourth-order valence-corrected chi connectivity index (χ4v) is 2.93. The molecule has 0 aliphatic rings. The second-order valence-electron chi connectivity index (χ2n) is 6.05. The highest BCUT2D eigenvalue weighted by atomic mass is 19.1. The molecule has 0 fully saturated rings. The van der Waals surface area contributed by atoms with Crippen molar-refractivity contribution in [1.82, 2.24) is 18.7 Å². The largest absolute Gasteiger partial charge is 0.464 e. The van der Waals surface area contributed by atoms with Crippen LogP contribution in [0.2, 0.25) is 0 Å². The van der Waals surface area contributed by atoms with Gasteiger partial charge in [-0.05, 0) is 38.1 Å². The molecule has 2 aromatic heterocycles. The first-order valence-electron chi connectivity index (χ1n) is 8.66. The molecule has 3 rings (SSSR count). The molecule has 0 N–H and O–H groups in total. The van der Waals surface area contributed by atoms with Gasteiger partial charge >= 0.3 is 11.7 Å². The summed E-state index contributed by atoms with van der Waals surface area (Å²) in [7, 11) is 0. The van der Waals surface area contributed by atoms with Crippen LogP contribution in [-0.4, -0.2) is 31.3 Å². The number of halogens is 1. The third kappa shape index (κ3) is 3.15. The van der Waals surface area contributed by atoms with Crippen LogP contribution in [0, 0.1) is 5.82 Å². The Hall–Kier alpha value is -3.49. The zero-order valence-corrected chi connectivity index (χ0v) is 15.5. The Bertz CT molecular complexity index is 1160. The van der Waals surface area contributed by atoms with Crippen molar-refractivity contribution in [2.75, 3.05) is 6.61 Å². The smallest absolute Gasteiger partial charge is 0.337 e. The van der Waals surface area contributed by atoms with Gasteiger partial charge in [-0.15, -0.1) is 6.58 Å². The Labute approximate surface area is 159 Å². The number of rotatable bonds is 6. The van der Waals surface area contributed by atoms with E-state index in [0.29, 0.717) is 5.69 Å². The monoisotopic (exact) mass is 386 g/mol. The molecule has 0 saturated carbocycles. The predicted molar refractivity (Wildman–Crippen MR) is 101 cm³/mol. The van der Waals surface area contributed by atoms with E-state index in [-0.39, 0.29) is 24.3 Å². The number of esters is 1. The third-order valence-corrected chi connectivity index (χ3v) is 4.30. The van der Waals surface area contributed by atoms with Crippen molar-refractivity contribution in [3.05, 3.63) is 69.9 Å². The first kappa shape index (κ1) is 19.3. The third-order valence-electron chi connectivity index (χ3n) is 4.30. The van der Waals surface area contributed by atoms with Gasteiger partial charge in [0, 0.05) is 6.54 Å². The predicted octanol–water partition coefficient (Wildman–Crippen LogP) is 1.80. The van der Waals surface area contributed by atoms with Crippen LogP contribution < -0.4 is 11.2 Å². The van der Waals surface area contributed by atoms with Crippen LogP contribution in [0.25, 0.3) is 16.9 Å². The number of ether oxygens (including phenoxy) is 1. The van der Waals surface area contributed by atoms with Crippen molar-refractivity contribution in [2.24, 2.45) is 0 Å². The van der Waals surface area contributed by atoms with Gasteiger partial charge in [0.1, 0.15) is 11.9 Å². The molecule has 0 aliphatic carbocycles. The van der Waals surface area contributed by atoms with E-state index in [4.69, 9.17) is 4.74 Å². The molecule has 9 heteroatoms. The van der Waals surface area contributed by atoms with E-state index in [0.717, 1.165) is 4.57 Å². The molecule has 0 aliphatic heterocycles. The van der Waals surface area contributed by atoms with Crippen LogP contribution in [0.15, 0.2) is 52.8 Å². The molecule has 0 spiro atoms. The van der Waals surface area contributed by atoms with Gasteiger partial charge in [-0.1, -0.05) is 6.08 Å². The molecular formula is C19H19FN4O4. The lowest BCUT2D eigenvalue weighted by Gasteiger charge is -2.15. The standard InChI is InChI=1S/C19H19FN4O4/c1-4-10-22-17(25)15-16(21-11-23(15)12(3)18(26)28-5-2)24(19(22)27)14-8-6-13(20)7-9-14/h4,6-9,11-12H,1,5,10H2,2-3H3/t12-/m1/s1. The lowest BCUT2D eigenvalue weighted by Crippen LogP contribution is -2.40. The number of benzene rings is 1. The van der Waals surface area contributed by atoms with E-state index in [2.05, 4.69) is 11.6 Å². The topological polar surface area (TPSA) is 88.1 Å². The fourth-order valence-electron chi connectivity index (χ4n) is 2.93. The quantitative estimate of drug-likeness (QED) is 0.476. The van der Waals surface area contributed by atoms with Gasteiger partial charge in [-0.2, -0.15) is 0 Å². The van der Waals surface area contributed by atoms with Crippen LogP contribution in [0.4, 0.5) is 4.39 Å². The molecule has 0 unspecified atom stereocenters. The average Bonchev–Trinajstić information content (AvgIpc) is 3.11. The summed E-state index contributed by atoms with van der Waals surface area (Å²) >= 11 is 0. The number of fused-ring (bicyclic) bond motifs is 1. The maximum atomic E-state index is 13.3. The number of hydrogen-bond donors (Lipinski definition) is 0. The highest BCUT2D eigenvalue weighted by Gasteiger charge is 2.24. The SMILES string of the molecule is C=CCn1c(=O)c2c(ncn2[C@H](C)C(=O)OCC)n(-c2ccc(F)cc2)c1=O. The van der Waals surface area contributed by atoms with E-state index >= 15 is 0 Å². The highest BCUT2D eigenvalue weighted by Crippen LogP contribution is 2.18. The van der Waals surface area contributed by atoms with Gasteiger partial charge in [0.2, 0.25) is 0 Å². The zero-order valence-electron chi connectivity index (χ0n) is 15.5. The van der Waals surface area contributed by atoms with Crippen molar-refractivity contribution in [3.63, 3.8) is 0 Å². The van der Waals surface area contributed by atoms with Crippen molar-refractivity contribution in [2.45, 2.75) is 26.4 Å². The molecule has 8 nitrogen and oxygen atoms in total. The van der Waals surface area contributed by atoms with Crippen molar-refractivity contribution in [1.29, 1.82) is 0 Å². The lowest BCUT2D eigenvalue weighted by atomic mass is 10.3. The summed E-state index contributed by atoms with van der Waals surface area (Å²) < 4.78 is 21.9. The molecule has 146 valence electrons. The van der Waals surface area contributed by atoms with E-state index in [1.165, 1.54) is 45.8 Å². The van der Waals surface area contributed by atoms with Gasteiger partial charge in [0.15, 0.2) is 11.2 Å². The minimum Gasteiger partial charge on any atom is -0.464 e. The maximum absolute atomic E-state index is 13.3. The Balaban J connectivity index is 2.36. The van der Waals surface area contributed by atoms with Crippen LogP contribution in [0.3, 0.4) is 0 Å². The Morgan fingerprint density at radius 1 is 1.32 bits per heavy atom. The second kappa shape index (κ2) is 7.63. The molecule has 2 heterocycles. The van der Waals surface area contributed by atoms with Crippen LogP contribution in [-0.2, 0) is 16.1 Å². The Kier molecular flexibility index (Phi) is 5.25. The minimum absolute atomic E-state index is 0.0340. The molecule has 1 aromatic carbocycles. The molecular weight excluding hydrogens is 367 g/mol. The lowest BCUT2D eigenvalue weighted by molar-refractivity contribution is -0.146. The zero-order chi connectivity index (χ0) is 20.4. The molecule has 28 heavy (non-hydrogen) atoms. The maximum Gasteiger partial charge on any atom is 0.337 e. The second-order valence-corrected chi connectivity index (χ2v) is 6.05. The molecule has 0 radical (unpaired) electrons. The first-order chi connectivity index (χ1) is 13.4. The van der Waals surface area contributed by atoms with Gasteiger partial charge in [-0.3, -0.25) is 9.36 Å². The van der Waals surface area contributed by atoms with E-state index in [9.17, 15) is 18.8 Å². The van der Waals surface area contributed by atoms with Gasteiger partial charge in [0.25, 0.3) is 5.56 Å². The van der Waals surface area contributed by atoms with Gasteiger partial charge < -0.3 is 9.30 Å². The number of hydrogen-bond acceptors (Lipinski definition) is 5. The number of carbonyl (C=O) groups is 1. The fraction of sp³-hybridized carbons (Fsp3) is 0.263. The van der Waals surface area contributed by atoms with E-state index in [1.807, 2.05) is 0 Å².